The average Bonchev–Trinajstić information content (AvgIpc) is 2.94. The van der Waals surface area contributed by atoms with E-state index in [1.807, 2.05) is 7.05 Å². The van der Waals surface area contributed by atoms with Gasteiger partial charge in [-0.05, 0) is 43.5 Å². The number of furan rings is 1. The molecule has 0 aliphatic heterocycles. The maximum atomic E-state index is 6.13. The van der Waals surface area contributed by atoms with E-state index in [-0.39, 0.29) is 6.04 Å². The summed E-state index contributed by atoms with van der Waals surface area (Å²) in [4.78, 5) is 1.27. The summed E-state index contributed by atoms with van der Waals surface area (Å²) in [5.41, 5.74) is 3.41. The van der Waals surface area contributed by atoms with Crippen molar-refractivity contribution in [2.24, 2.45) is 0 Å². The number of hydrogen-bond donors (Lipinski definition) is 1. The van der Waals surface area contributed by atoms with E-state index in [0.717, 1.165) is 16.7 Å². The minimum Gasteiger partial charge on any atom is -0.459 e. The van der Waals surface area contributed by atoms with E-state index < -0.39 is 0 Å². The van der Waals surface area contributed by atoms with Gasteiger partial charge in [0.05, 0.1) is 6.04 Å². The van der Waals surface area contributed by atoms with Crippen molar-refractivity contribution in [1.82, 2.24) is 5.32 Å². The first kappa shape index (κ1) is 14.2. The number of rotatable bonds is 4. The lowest BCUT2D eigenvalue weighted by atomic mass is 10.0. The predicted octanol–water partition coefficient (Wildman–Crippen LogP) is 4.77. The molecular weight excluding hydrogens is 278 g/mol. The van der Waals surface area contributed by atoms with Crippen LogP contribution in [0.2, 0.25) is 0 Å². The van der Waals surface area contributed by atoms with Crippen LogP contribution in [0.3, 0.4) is 0 Å². The maximum Gasteiger partial charge on any atom is 0.137 e. The minimum atomic E-state index is 0.0699. The van der Waals surface area contributed by atoms with Crippen LogP contribution in [0.25, 0.3) is 11.0 Å². The van der Waals surface area contributed by atoms with Gasteiger partial charge in [0.25, 0.3) is 0 Å². The Labute approximate surface area is 129 Å². The summed E-state index contributed by atoms with van der Waals surface area (Å²) < 4.78 is 6.13. The van der Waals surface area contributed by atoms with Gasteiger partial charge in [0, 0.05) is 10.3 Å². The van der Waals surface area contributed by atoms with E-state index in [2.05, 4.69) is 67.0 Å². The van der Waals surface area contributed by atoms with Crippen molar-refractivity contribution in [2.75, 3.05) is 13.3 Å². The third kappa shape index (κ3) is 2.59. The van der Waals surface area contributed by atoms with E-state index in [0.29, 0.717) is 0 Å². The fourth-order valence-corrected chi connectivity index (χ4v) is 3.36. The van der Waals surface area contributed by atoms with Gasteiger partial charge in [-0.2, -0.15) is 0 Å². The molecule has 1 unspecified atom stereocenters. The van der Waals surface area contributed by atoms with Gasteiger partial charge in [-0.25, -0.2) is 0 Å². The number of para-hydroxylation sites is 1. The molecule has 0 saturated heterocycles. The fourth-order valence-electron chi connectivity index (χ4n) is 2.73. The van der Waals surface area contributed by atoms with E-state index >= 15 is 0 Å². The summed E-state index contributed by atoms with van der Waals surface area (Å²) in [6.07, 6.45) is 2.11. The molecule has 108 valence electrons. The van der Waals surface area contributed by atoms with Crippen LogP contribution in [-0.4, -0.2) is 13.3 Å². The Morgan fingerprint density at radius 2 is 1.90 bits per heavy atom. The van der Waals surface area contributed by atoms with Crippen molar-refractivity contribution in [1.29, 1.82) is 0 Å². The molecule has 1 aromatic heterocycles. The molecule has 2 nitrogen and oxygen atoms in total. The molecule has 0 saturated carbocycles. The zero-order valence-electron chi connectivity index (χ0n) is 12.5. The molecule has 3 rings (SSSR count). The average molecular weight is 297 g/mol. The van der Waals surface area contributed by atoms with Gasteiger partial charge in [0.15, 0.2) is 0 Å². The lowest BCUT2D eigenvalue weighted by molar-refractivity contribution is 0.487. The maximum absolute atomic E-state index is 6.13. The zero-order valence-corrected chi connectivity index (χ0v) is 13.3. The van der Waals surface area contributed by atoms with Crippen molar-refractivity contribution in [3.63, 3.8) is 0 Å². The van der Waals surface area contributed by atoms with Crippen LogP contribution < -0.4 is 5.32 Å². The summed E-state index contributed by atoms with van der Waals surface area (Å²) in [7, 11) is 1.97. The van der Waals surface area contributed by atoms with E-state index in [4.69, 9.17) is 4.42 Å². The first-order valence-corrected chi connectivity index (χ1v) is 8.26. The van der Waals surface area contributed by atoms with Gasteiger partial charge in [0.1, 0.15) is 11.3 Å². The highest BCUT2D eigenvalue weighted by Gasteiger charge is 2.19. The van der Waals surface area contributed by atoms with Crippen molar-refractivity contribution < 1.29 is 4.42 Å². The van der Waals surface area contributed by atoms with E-state index in [1.54, 1.807) is 11.8 Å². The summed E-state index contributed by atoms with van der Waals surface area (Å²) in [5.74, 6) is 0.961. The highest BCUT2D eigenvalue weighted by molar-refractivity contribution is 7.98. The van der Waals surface area contributed by atoms with Crippen molar-refractivity contribution in [3.8, 4) is 0 Å². The third-order valence-electron chi connectivity index (χ3n) is 3.78. The van der Waals surface area contributed by atoms with Crippen LogP contribution in [0.1, 0.15) is 22.9 Å². The Kier molecular flexibility index (Phi) is 4.04. The van der Waals surface area contributed by atoms with Gasteiger partial charge in [0.2, 0.25) is 0 Å². The van der Waals surface area contributed by atoms with Gasteiger partial charge >= 0.3 is 0 Å². The van der Waals surface area contributed by atoms with E-state index in [9.17, 15) is 0 Å². The zero-order chi connectivity index (χ0) is 14.8. The topological polar surface area (TPSA) is 25.2 Å². The number of benzene rings is 2. The summed E-state index contributed by atoms with van der Waals surface area (Å²) >= 11 is 1.76. The summed E-state index contributed by atoms with van der Waals surface area (Å²) in [6, 6.07) is 16.9. The van der Waals surface area contributed by atoms with Gasteiger partial charge in [-0.15, -0.1) is 11.8 Å². The number of fused-ring (bicyclic) bond motifs is 1. The molecular formula is C18H19NOS. The van der Waals surface area contributed by atoms with Crippen LogP contribution >= 0.6 is 11.8 Å². The van der Waals surface area contributed by atoms with Gasteiger partial charge < -0.3 is 9.73 Å². The second kappa shape index (κ2) is 5.96. The molecule has 1 heterocycles. The van der Waals surface area contributed by atoms with Crippen LogP contribution in [0.4, 0.5) is 0 Å². The number of aryl methyl sites for hydroxylation is 1. The molecule has 21 heavy (non-hydrogen) atoms. The summed E-state index contributed by atoms with van der Waals surface area (Å²) in [5, 5.41) is 4.54. The lowest BCUT2D eigenvalue weighted by Gasteiger charge is -2.17. The Morgan fingerprint density at radius 1 is 1.10 bits per heavy atom. The molecule has 1 atom stereocenters. The Morgan fingerprint density at radius 3 is 2.62 bits per heavy atom. The molecule has 0 bridgehead atoms. The van der Waals surface area contributed by atoms with Crippen LogP contribution in [-0.2, 0) is 0 Å². The number of hydrogen-bond acceptors (Lipinski definition) is 3. The molecule has 0 aliphatic carbocycles. The molecule has 2 aromatic carbocycles. The smallest absolute Gasteiger partial charge is 0.137 e. The largest absolute Gasteiger partial charge is 0.459 e. The highest BCUT2D eigenvalue weighted by atomic mass is 32.2. The number of nitrogens with one attached hydrogen (secondary N) is 1. The molecule has 0 fully saturated rings. The third-order valence-corrected chi connectivity index (χ3v) is 4.59. The first-order chi connectivity index (χ1) is 10.2. The van der Waals surface area contributed by atoms with Crippen LogP contribution in [0, 0.1) is 6.92 Å². The Balaban J connectivity index is 2.12. The first-order valence-electron chi connectivity index (χ1n) is 7.04. The molecule has 1 N–H and O–H groups in total. The van der Waals surface area contributed by atoms with Crippen molar-refractivity contribution in [3.05, 3.63) is 65.4 Å². The highest BCUT2D eigenvalue weighted by Crippen LogP contribution is 2.33. The Bertz CT molecular complexity index is 763. The quantitative estimate of drug-likeness (QED) is 0.702. The standard InChI is InChI=1S/C18H19NOS/c1-12-7-6-8-13-11-15(20-18(12)13)17(19-2)14-9-4-5-10-16(14)21-3/h4-11,17,19H,1-3H3. The van der Waals surface area contributed by atoms with Crippen LogP contribution in [0.15, 0.2) is 57.8 Å². The monoisotopic (exact) mass is 297 g/mol. The molecule has 0 aliphatic rings. The summed E-state index contributed by atoms with van der Waals surface area (Å²) in [6.45, 7) is 2.08. The molecule has 3 aromatic rings. The second-order valence-corrected chi connectivity index (χ2v) is 5.95. The number of thioether (sulfide) groups is 1. The van der Waals surface area contributed by atoms with Gasteiger partial charge in [-0.1, -0.05) is 36.4 Å². The van der Waals surface area contributed by atoms with Crippen molar-refractivity contribution in [2.45, 2.75) is 17.9 Å². The van der Waals surface area contributed by atoms with E-state index in [1.165, 1.54) is 16.0 Å². The molecule has 0 spiro atoms. The fraction of sp³-hybridized carbons (Fsp3) is 0.222. The molecule has 0 amide bonds. The normalized spacial score (nSPS) is 12.7. The Hall–Kier alpha value is -1.71. The SMILES string of the molecule is CNC(c1cc2cccc(C)c2o1)c1ccccc1SC. The van der Waals surface area contributed by atoms with Crippen LogP contribution in [0.5, 0.6) is 0 Å². The minimum absolute atomic E-state index is 0.0699. The molecule has 0 radical (unpaired) electrons. The molecule has 3 heteroatoms. The van der Waals surface area contributed by atoms with Gasteiger partial charge in [-0.3, -0.25) is 0 Å². The second-order valence-electron chi connectivity index (χ2n) is 5.11. The lowest BCUT2D eigenvalue weighted by Crippen LogP contribution is -2.17. The van der Waals surface area contributed by atoms with Crippen molar-refractivity contribution >= 4 is 22.7 Å². The predicted molar refractivity (Wildman–Crippen MR) is 90.1 cm³/mol.